The lowest BCUT2D eigenvalue weighted by Crippen LogP contribution is -2.34. The van der Waals surface area contributed by atoms with E-state index in [0.717, 1.165) is 30.1 Å². The Morgan fingerprint density at radius 3 is 3.04 bits per heavy atom. The third-order valence-corrected chi connectivity index (χ3v) is 4.22. The van der Waals surface area contributed by atoms with Crippen molar-refractivity contribution >= 4 is 17.5 Å². The Bertz CT molecular complexity index is 703. The first kappa shape index (κ1) is 14.4. The van der Waals surface area contributed by atoms with Crippen LogP contribution < -0.4 is 10.6 Å². The van der Waals surface area contributed by atoms with Crippen molar-refractivity contribution in [2.24, 2.45) is 7.05 Å². The normalized spacial score (nSPS) is 26.3. The van der Waals surface area contributed by atoms with Crippen LogP contribution in [0.2, 0.25) is 0 Å². The van der Waals surface area contributed by atoms with E-state index in [9.17, 15) is 0 Å². The van der Waals surface area contributed by atoms with Gasteiger partial charge >= 0.3 is 0 Å². The van der Waals surface area contributed by atoms with Gasteiger partial charge in [0.25, 0.3) is 0 Å². The van der Waals surface area contributed by atoms with Crippen LogP contribution in [-0.4, -0.2) is 51.2 Å². The van der Waals surface area contributed by atoms with Gasteiger partial charge in [0.2, 0.25) is 5.95 Å². The molecule has 2 aromatic rings. The number of aromatic nitrogens is 4. The lowest BCUT2D eigenvalue weighted by molar-refractivity contribution is 0.0718. The monoisotopic (exact) mass is 316 g/mol. The average Bonchev–Trinajstić information content (AvgIpc) is 3.22. The molecule has 0 bridgehead atoms. The number of fused-ring (bicyclic) bond motifs is 1. The second-order valence-corrected chi connectivity index (χ2v) is 6.00. The van der Waals surface area contributed by atoms with Gasteiger partial charge in [0.1, 0.15) is 11.9 Å². The average molecular weight is 316 g/mol. The summed E-state index contributed by atoms with van der Waals surface area (Å²) >= 11 is 0. The van der Waals surface area contributed by atoms with E-state index in [1.54, 1.807) is 17.1 Å². The topological polar surface area (TPSA) is 86.1 Å². The predicted octanol–water partition coefficient (Wildman–Crippen LogP) is 1.23. The van der Waals surface area contributed by atoms with Gasteiger partial charge in [-0.25, -0.2) is 4.98 Å². The van der Waals surface area contributed by atoms with Gasteiger partial charge < -0.3 is 20.1 Å². The zero-order valence-electron chi connectivity index (χ0n) is 13.2. The van der Waals surface area contributed by atoms with Gasteiger partial charge in [0.05, 0.1) is 30.6 Å². The maximum absolute atomic E-state index is 5.77. The quantitative estimate of drug-likeness (QED) is 0.877. The van der Waals surface area contributed by atoms with Crippen molar-refractivity contribution in [1.29, 1.82) is 0 Å². The van der Waals surface area contributed by atoms with Crippen molar-refractivity contribution < 1.29 is 9.47 Å². The van der Waals surface area contributed by atoms with Gasteiger partial charge in [-0.15, -0.1) is 0 Å². The van der Waals surface area contributed by atoms with E-state index in [2.05, 4.69) is 25.7 Å². The van der Waals surface area contributed by atoms with Crippen LogP contribution in [0.15, 0.2) is 18.6 Å². The van der Waals surface area contributed by atoms with E-state index in [0.29, 0.717) is 12.6 Å². The van der Waals surface area contributed by atoms with Crippen molar-refractivity contribution in [2.45, 2.75) is 31.6 Å². The van der Waals surface area contributed by atoms with Crippen LogP contribution in [0.1, 0.15) is 12.0 Å². The molecular weight excluding hydrogens is 296 g/mol. The summed E-state index contributed by atoms with van der Waals surface area (Å²) in [5.41, 5.74) is 1.84. The predicted molar refractivity (Wildman–Crippen MR) is 84.8 cm³/mol. The highest BCUT2D eigenvalue weighted by molar-refractivity contribution is 5.54. The molecule has 2 saturated heterocycles. The number of nitrogens with zero attached hydrogens (tertiary/aromatic N) is 4. The molecule has 0 radical (unpaired) electrons. The van der Waals surface area contributed by atoms with E-state index in [1.165, 1.54) is 0 Å². The molecule has 2 aromatic heterocycles. The van der Waals surface area contributed by atoms with Gasteiger partial charge in [0.15, 0.2) is 0 Å². The fourth-order valence-electron chi connectivity index (χ4n) is 3.03. The summed E-state index contributed by atoms with van der Waals surface area (Å²) in [6.07, 6.45) is 6.70. The molecule has 0 aliphatic carbocycles. The second kappa shape index (κ2) is 5.78. The van der Waals surface area contributed by atoms with Crippen molar-refractivity contribution in [3.63, 3.8) is 0 Å². The van der Waals surface area contributed by atoms with E-state index in [1.807, 2.05) is 20.2 Å². The standard InChI is InChI=1S/C15H20N6O2/c1-9-5-16-15(18-10-6-17-21(2)7-10)20-14(9)19-11-8-23-12-3-4-22-13(11)12/h5-7,11-13H,3-4,8H2,1-2H3,(H2,16,18,19,20)/t11-,12?,13?/m1/s1. The number of rotatable bonds is 4. The summed E-state index contributed by atoms with van der Waals surface area (Å²) in [6.45, 7) is 3.40. The van der Waals surface area contributed by atoms with E-state index in [4.69, 9.17) is 9.47 Å². The number of aryl methyl sites for hydroxylation is 2. The van der Waals surface area contributed by atoms with Gasteiger partial charge in [-0.2, -0.15) is 10.1 Å². The largest absolute Gasteiger partial charge is 0.373 e. The molecule has 3 atom stereocenters. The molecule has 0 spiro atoms. The Morgan fingerprint density at radius 1 is 1.30 bits per heavy atom. The molecule has 2 aliphatic rings. The first-order chi connectivity index (χ1) is 11.2. The van der Waals surface area contributed by atoms with Crippen LogP contribution in [-0.2, 0) is 16.5 Å². The van der Waals surface area contributed by atoms with Crippen LogP contribution in [0.5, 0.6) is 0 Å². The number of hydrogen-bond donors (Lipinski definition) is 2. The van der Waals surface area contributed by atoms with E-state index < -0.39 is 0 Å². The molecule has 4 rings (SSSR count). The fourth-order valence-corrected chi connectivity index (χ4v) is 3.03. The first-order valence-electron chi connectivity index (χ1n) is 7.78. The molecular formula is C15H20N6O2. The molecule has 2 aliphatic heterocycles. The minimum atomic E-state index is 0.110. The van der Waals surface area contributed by atoms with Gasteiger partial charge in [0, 0.05) is 31.6 Å². The minimum Gasteiger partial charge on any atom is -0.373 e. The Kier molecular flexibility index (Phi) is 3.62. The third kappa shape index (κ3) is 2.87. The van der Waals surface area contributed by atoms with Crippen molar-refractivity contribution in [3.8, 4) is 0 Å². The molecule has 0 aromatic carbocycles. The molecule has 0 saturated carbocycles. The van der Waals surface area contributed by atoms with Crippen LogP contribution in [0.4, 0.5) is 17.5 Å². The van der Waals surface area contributed by atoms with Crippen molar-refractivity contribution in [1.82, 2.24) is 19.7 Å². The Hall–Kier alpha value is -2.19. The lowest BCUT2D eigenvalue weighted by Gasteiger charge is -2.19. The number of hydrogen-bond acceptors (Lipinski definition) is 7. The Morgan fingerprint density at radius 2 is 2.22 bits per heavy atom. The summed E-state index contributed by atoms with van der Waals surface area (Å²) < 4.78 is 13.3. The molecule has 2 N–H and O–H groups in total. The number of nitrogens with one attached hydrogen (secondary N) is 2. The highest BCUT2D eigenvalue weighted by atomic mass is 16.6. The van der Waals surface area contributed by atoms with Gasteiger partial charge in [-0.05, 0) is 13.3 Å². The highest BCUT2D eigenvalue weighted by Crippen LogP contribution is 2.29. The van der Waals surface area contributed by atoms with Crippen molar-refractivity contribution in [2.75, 3.05) is 23.8 Å². The molecule has 2 unspecified atom stereocenters. The van der Waals surface area contributed by atoms with E-state index in [-0.39, 0.29) is 18.2 Å². The number of ether oxygens (including phenoxy) is 2. The molecule has 8 heteroatoms. The smallest absolute Gasteiger partial charge is 0.229 e. The summed E-state index contributed by atoms with van der Waals surface area (Å²) in [7, 11) is 1.87. The molecule has 2 fully saturated rings. The third-order valence-electron chi connectivity index (χ3n) is 4.22. The van der Waals surface area contributed by atoms with Crippen LogP contribution in [0.3, 0.4) is 0 Å². The lowest BCUT2D eigenvalue weighted by atomic mass is 10.1. The maximum atomic E-state index is 5.77. The first-order valence-corrected chi connectivity index (χ1v) is 7.78. The van der Waals surface area contributed by atoms with Crippen LogP contribution in [0.25, 0.3) is 0 Å². The fraction of sp³-hybridized carbons (Fsp3) is 0.533. The summed E-state index contributed by atoms with van der Waals surface area (Å²) in [6, 6.07) is 0.127. The summed E-state index contributed by atoms with van der Waals surface area (Å²) in [5, 5.41) is 10.7. The molecule has 122 valence electrons. The van der Waals surface area contributed by atoms with Crippen molar-refractivity contribution in [3.05, 3.63) is 24.2 Å². The Labute approximate surface area is 134 Å². The number of anilines is 3. The zero-order valence-corrected chi connectivity index (χ0v) is 13.2. The molecule has 8 nitrogen and oxygen atoms in total. The van der Waals surface area contributed by atoms with Crippen LogP contribution >= 0.6 is 0 Å². The van der Waals surface area contributed by atoms with Gasteiger partial charge in [-0.3, -0.25) is 4.68 Å². The van der Waals surface area contributed by atoms with Gasteiger partial charge in [-0.1, -0.05) is 0 Å². The highest BCUT2D eigenvalue weighted by Gasteiger charge is 2.42. The SMILES string of the molecule is Cc1cnc(Nc2cnn(C)c2)nc1N[C@@H]1COC2CCOC21. The second-order valence-electron chi connectivity index (χ2n) is 6.00. The zero-order chi connectivity index (χ0) is 15.8. The van der Waals surface area contributed by atoms with Crippen LogP contribution in [0, 0.1) is 6.92 Å². The molecule has 23 heavy (non-hydrogen) atoms. The molecule has 4 heterocycles. The summed E-state index contributed by atoms with van der Waals surface area (Å²) in [4.78, 5) is 8.90. The van der Waals surface area contributed by atoms with E-state index >= 15 is 0 Å². The Balaban J connectivity index is 1.50. The minimum absolute atomic E-state index is 0.110. The molecule has 0 amide bonds. The maximum Gasteiger partial charge on any atom is 0.229 e. The summed E-state index contributed by atoms with van der Waals surface area (Å²) in [5.74, 6) is 1.34.